The molecule has 4 N–H and O–H groups in total. The molecule has 5 nitrogen and oxygen atoms in total. The van der Waals surface area contributed by atoms with Gasteiger partial charge in [0.25, 0.3) is 0 Å². The summed E-state index contributed by atoms with van der Waals surface area (Å²) in [5, 5.41) is 14.2. The quantitative estimate of drug-likeness (QED) is 0.273. The number of nitriles is 2. The topological polar surface area (TPSA) is 103 Å². The molecule has 0 atom stereocenters. The Morgan fingerprint density at radius 3 is 1.76 bits per heavy atom. The minimum absolute atomic E-state index is 1.18. The molecule has 1 rings (SSSR count). The van der Waals surface area contributed by atoms with E-state index in [1.54, 1.807) is 0 Å². The molecule has 0 aliphatic rings. The lowest BCUT2D eigenvalue weighted by molar-refractivity contribution is -0.697. The van der Waals surface area contributed by atoms with Crippen molar-refractivity contribution in [3.63, 3.8) is 0 Å². The van der Waals surface area contributed by atoms with Gasteiger partial charge in [0.15, 0.2) is 24.8 Å². The lowest BCUT2D eigenvalue weighted by atomic mass is 10.1. The average Bonchev–Trinajstić information content (AvgIpc) is 2.58. The monoisotopic (exact) mass is 346 g/mol. The molecular weight excluding hydrogens is 310 g/mol. The molecule has 0 amide bonds. The lowest BCUT2D eigenvalue weighted by Gasteiger charge is -2.01. The smallest absolute Gasteiger partial charge is 0.173 e. The van der Waals surface area contributed by atoms with Crippen LogP contribution in [0.25, 0.3) is 0 Å². The van der Waals surface area contributed by atoms with E-state index in [0.717, 1.165) is 0 Å². The summed E-state index contributed by atoms with van der Waals surface area (Å²) in [4.78, 5) is 0. The van der Waals surface area contributed by atoms with Crippen LogP contribution in [0.3, 0.4) is 0 Å². The highest BCUT2D eigenvalue weighted by Crippen LogP contribution is 2.10. The van der Waals surface area contributed by atoms with Gasteiger partial charge in [-0.15, -0.1) is 0 Å². The number of pyridine rings is 1. The summed E-state index contributed by atoms with van der Waals surface area (Å²) in [5.74, 6) is 0. The van der Waals surface area contributed by atoms with Gasteiger partial charge in [-0.1, -0.05) is 58.3 Å². The van der Waals surface area contributed by atoms with Crippen molar-refractivity contribution in [1.82, 2.24) is 0 Å². The van der Waals surface area contributed by atoms with Gasteiger partial charge in [-0.2, -0.15) is 10.5 Å². The minimum atomic E-state index is 1.18. The summed E-state index contributed by atoms with van der Waals surface area (Å²) in [6, 6.07) is 4.31. The van der Waals surface area contributed by atoms with Gasteiger partial charge < -0.3 is 11.5 Å². The van der Waals surface area contributed by atoms with Gasteiger partial charge in [-0.3, -0.25) is 0 Å². The lowest BCUT2D eigenvalue weighted by Crippen LogP contribution is -2.32. The van der Waals surface area contributed by atoms with E-state index in [9.17, 15) is 0 Å². The van der Waals surface area contributed by atoms with Crippen LogP contribution in [-0.4, -0.2) is 0 Å². The van der Waals surface area contributed by atoms with Crippen molar-refractivity contribution in [3.05, 3.63) is 30.1 Å². The summed E-state index contributed by atoms with van der Waals surface area (Å²) in [6.07, 6.45) is 21.1. The normalized spacial score (nSPS) is 8.80. The number of hydrogen-bond acceptors (Lipinski definition) is 4. The standard InChI is InChI=1S/C18H32N.2CH2N2/c1-3-4-5-6-7-8-9-10-11-12-15-19-16-13-14-18(2)17-19;2*2-1-3/h13-14,16-17H,3-12,15H2,1-2H3;2*2H2/q+1;;. The van der Waals surface area contributed by atoms with Crippen molar-refractivity contribution >= 4 is 0 Å². The van der Waals surface area contributed by atoms with E-state index in [2.05, 4.69) is 54.4 Å². The van der Waals surface area contributed by atoms with Crippen molar-refractivity contribution in [1.29, 1.82) is 10.5 Å². The number of nitrogens with two attached hydrogens (primary N) is 2. The summed E-state index contributed by atoms with van der Waals surface area (Å²) >= 11 is 0. The third kappa shape index (κ3) is 21.7. The number of unbranched alkanes of at least 4 members (excludes halogenated alkanes) is 9. The predicted molar refractivity (Wildman–Crippen MR) is 103 cm³/mol. The van der Waals surface area contributed by atoms with Crippen LogP contribution >= 0.6 is 0 Å². The molecule has 0 spiro atoms. The van der Waals surface area contributed by atoms with Crippen LogP contribution in [0.2, 0.25) is 0 Å². The molecule has 0 aromatic carbocycles. The zero-order valence-electron chi connectivity index (χ0n) is 16.1. The number of aryl methyl sites for hydroxylation is 2. The predicted octanol–water partition coefficient (Wildman–Crippen LogP) is 4.06. The van der Waals surface area contributed by atoms with Gasteiger partial charge in [-0.05, 0) is 19.4 Å². The second-order valence-corrected chi connectivity index (χ2v) is 6.06. The minimum Gasteiger partial charge on any atom is -0.337 e. The van der Waals surface area contributed by atoms with E-state index in [1.807, 2.05) is 0 Å². The van der Waals surface area contributed by atoms with E-state index in [1.165, 1.54) is 88.7 Å². The molecule has 140 valence electrons. The maximum atomic E-state index is 7.10. The molecule has 0 saturated heterocycles. The van der Waals surface area contributed by atoms with Gasteiger partial charge in [0.1, 0.15) is 6.54 Å². The maximum Gasteiger partial charge on any atom is 0.173 e. The highest BCUT2D eigenvalue weighted by molar-refractivity contribution is 5.01. The van der Waals surface area contributed by atoms with E-state index < -0.39 is 0 Å². The van der Waals surface area contributed by atoms with Crippen molar-refractivity contribution in [2.45, 2.75) is 84.6 Å². The van der Waals surface area contributed by atoms with Crippen LogP contribution in [-0.2, 0) is 6.54 Å². The number of nitrogens with zero attached hydrogens (tertiary/aromatic N) is 3. The Balaban J connectivity index is 0. The Labute approximate surface area is 154 Å². The first kappa shape index (κ1) is 25.0. The number of rotatable bonds is 11. The van der Waals surface area contributed by atoms with Crippen LogP contribution in [0.1, 0.15) is 76.7 Å². The highest BCUT2D eigenvalue weighted by atomic mass is 14.9. The Hall–Kier alpha value is -2.27. The molecule has 0 unspecified atom stereocenters. The number of hydrogen-bond donors (Lipinski definition) is 2. The molecular formula is C20H36N5+. The summed E-state index contributed by atoms with van der Waals surface area (Å²) in [5.41, 5.74) is 9.66. The zero-order valence-corrected chi connectivity index (χ0v) is 16.1. The van der Waals surface area contributed by atoms with Crippen LogP contribution in [0.5, 0.6) is 0 Å². The van der Waals surface area contributed by atoms with Gasteiger partial charge in [0.2, 0.25) is 0 Å². The Bertz CT molecular complexity index is 462. The first-order valence-electron chi connectivity index (χ1n) is 9.31. The fourth-order valence-electron chi connectivity index (χ4n) is 2.57. The molecule has 1 heterocycles. The van der Waals surface area contributed by atoms with Crippen LogP contribution in [0, 0.1) is 29.8 Å². The fraction of sp³-hybridized carbons (Fsp3) is 0.650. The molecule has 25 heavy (non-hydrogen) atoms. The number of aromatic nitrogens is 1. The van der Waals surface area contributed by atoms with E-state index in [0.29, 0.717) is 0 Å². The van der Waals surface area contributed by atoms with Gasteiger partial charge in [-0.25, -0.2) is 4.57 Å². The Morgan fingerprint density at radius 2 is 1.32 bits per heavy atom. The fourth-order valence-corrected chi connectivity index (χ4v) is 2.57. The van der Waals surface area contributed by atoms with Crippen LogP contribution < -0.4 is 16.0 Å². The maximum absolute atomic E-state index is 7.10. The Morgan fingerprint density at radius 1 is 0.880 bits per heavy atom. The second kappa shape index (κ2) is 21.7. The second-order valence-electron chi connectivity index (χ2n) is 6.06. The molecule has 0 aliphatic heterocycles. The largest absolute Gasteiger partial charge is 0.337 e. The van der Waals surface area contributed by atoms with Crippen molar-refractivity contribution in [3.8, 4) is 12.4 Å². The first-order valence-corrected chi connectivity index (χ1v) is 9.31. The zero-order chi connectivity index (χ0) is 19.2. The molecule has 0 aliphatic carbocycles. The SMILES string of the molecule is CCCCCCCCCCCC[n+]1cccc(C)c1.N#CN.N#CN. The first-order chi connectivity index (χ1) is 12.2. The van der Waals surface area contributed by atoms with E-state index in [-0.39, 0.29) is 0 Å². The molecule has 1 aromatic heterocycles. The average molecular weight is 347 g/mol. The highest BCUT2D eigenvalue weighted by Gasteiger charge is 1.99. The molecule has 5 heteroatoms. The molecule has 0 radical (unpaired) electrons. The molecule has 0 fully saturated rings. The summed E-state index contributed by atoms with van der Waals surface area (Å²) in [6.45, 7) is 5.62. The third-order valence-corrected chi connectivity index (χ3v) is 3.78. The summed E-state index contributed by atoms with van der Waals surface area (Å²) in [7, 11) is 0. The van der Waals surface area contributed by atoms with Gasteiger partial charge in [0.05, 0.1) is 0 Å². The van der Waals surface area contributed by atoms with Crippen LogP contribution in [0.4, 0.5) is 0 Å². The third-order valence-electron chi connectivity index (χ3n) is 3.78. The molecule has 0 saturated carbocycles. The van der Waals surface area contributed by atoms with Crippen molar-refractivity contribution < 1.29 is 4.57 Å². The Kier molecular flexibility index (Phi) is 21.7. The van der Waals surface area contributed by atoms with Crippen LogP contribution in [0.15, 0.2) is 24.5 Å². The molecule has 1 aromatic rings. The van der Waals surface area contributed by atoms with E-state index in [4.69, 9.17) is 10.5 Å². The van der Waals surface area contributed by atoms with Gasteiger partial charge >= 0.3 is 0 Å². The summed E-state index contributed by atoms with van der Waals surface area (Å²) < 4.78 is 2.32. The van der Waals surface area contributed by atoms with Gasteiger partial charge in [0, 0.05) is 18.1 Å². The van der Waals surface area contributed by atoms with E-state index >= 15 is 0 Å². The molecule has 0 bridgehead atoms. The van der Waals surface area contributed by atoms with Crippen molar-refractivity contribution in [2.75, 3.05) is 0 Å². The van der Waals surface area contributed by atoms with Crippen molar-refractivity contribution in [2.24, 2.45) is 11.5 Å².